The summed E-state index contributed by atoms with van der Waals surface area (Å²) in [5, 5.41) is 2.99. The van der Waals surface area contributed by atoms with Crippen molar-refractivity contribution in [2.45, 2.75) is 46.0 Å². The van der Waals surface area contributed by atoms with Gasteiger partial charge in [0.05, 0.1) is 11.9 Å². The maximum Gasteiger partial charge on any atom is 0.227 e. The van der Waals surface area contributed by atoms with Crippen molar-refractivity contribution in [3.8, 4) is 0 Å². The number of rotatable bonds is 5. The van der Waals surface area contributed by atoms with Gasteiger partial charge in [0.25, 0.3) is 0 Å². The minimum atomic E-state index is 0.155. The summed E-state index contributed by atoms with van der Waals surface area (Å²) in [6, 6.07) is 3.92. The van der Waals surface area contributed by atoms with Gasteiger partial charge in [-0.05, 0) is 38.8 Å². The van der Waals surface area contributed by atoms with Gasteiger partial charge >= 0.3 is 0 Å². The predicted octanol–water partition coefficient (Wildman–Crippen LogP) is 3.45. The number of anilines is 2. The van der Waals surface area contributed by atoms with Gasteiger partial charge in [0.1, 0.15) is 5.82 Å². The minimum absolute atomic E-state index is 0.155. The number of hydrogen-bond donors (Lipinski definition) is 1. The molecule has 1 aromatic heterocycles. The van der Waals surface area contributed by atoms with Crippen LogP contribution in [-0.4, -0.2) is 24.0 Å². The van der Waals surface area contributed by atoms with E-state index in [1.807, 2.05) is 12.1 Å². The first-order valence-corrected chi connectivity index (χ1v) is 7.76. The molecule has 1 heterocycles. The lowest BCUT2D eigenvalue weighted by atomic mass is 9.88. The third-order valence-electron chi connectivity index (χ3n) is 4.08. The van der Waals surface area contributed by atoms with Crippen LogP contribution in [-0.2, 0) is 4.79 Å². The van der Waals surface area contributed by atoms with E-state index in [0.717, 1.165) is 37.4 Å². The highest BCUT2D eigenvalue weighted by atomic mass is 16.1. The van der Waals surface area contributed by atoms with Gasteiger partial charge in [0.15, 0.2) is 0 Å². The van der Waals surface area contributed by atoms with Gasteiger partial charge in [-0.3, -0.25) is 4.79 Å². The van der Waals surface area contributed by atoms with Crippen molar-refractivity contribution in [2.75, 3.05) is 23.3 Å². The second-order valence-electron chi connectivity index (χ2n) is 5.40. The number of nitrogens with zero attached hydrogens (tertiary/aromatic N) is 2. The van der Waals surface area contributed by atoms with Crippen molar-refractivity contribution in [1.82, 2.24) is 4.98 Å². The third-order valence-corrected chi connectivity index (χ3v) is 4.08. The second-order valence-corrected chi connectivity index (χ2v) is 5.40. The lowest BCUT2D eigenvalue weighted by molar-refractivity contribution is -0.120. The number of aromatic nitrogens is 1. The molecule has 0 unspecified atom stereocenters. The number of hydrogen-bond acceptors (Lipinski definition) is 3. The quantitative estimate of drug-likeness (QED) is 0.895. The summed E-state index contributed by atoms with van der Waals surface area (Å²) in [6.45, 7) is 6.11. The molecule has 0 saturated heterocycles. The lowest BCUT2D eigenvalue weighted by Crippen LogP contribution is -2.25. The molecule has 20 heavy (non-hydrogen) atoms. The van der Waals surface area contributed by atoms with Crippen molar-refractivity contribution in [1.29, 1.82) is 0 Å². The van der Waals surface area contributed by atoms with Crippen LogP contribution in [0.5, 0.6) is 0 Å². The van der Waals surface area contributed by atoms with E-state index in [2.05, 4.69) is 29.0 Å². The Balaban J connectivity index is 1.94. The average molecular weight is 275 g/mol. The van der Waals surface area contributed by atoms with Gasteiger partial charge < -0.3 is 10.2 Å². The van der Waals surface area contributed by atoms with Crippen LogP contribution in [0.25, 0.3) is 0 Å². The Morgan fingerprint density at radius 3 is 2.50 bits per heavy atom. The number of amides is 1. The molecule has 1 saturated carbocycles. The summed E-state index contributed by atoms with van der Waals surface area (Å²) in [4.78, 5) is 18.8. The average Bonchev–Trinajstić information content (AvgIpc) is 2.51. The van der Waals surface area contributed by atoms with Crippen LogP contribution >= 0.6 is 0 Å². The van der Waals surface area contributed by atoms with Crippen LogP contribution in [0.15, 0.2) is 18.3 Å². The van der Waals surface area contributed by atoms with E-state index in [9.17, 15) is 4.79 Å². The van der Waals surface area contributed by atoms with E-state index in [-0.39, 0.29) is 11.8 Å². The molecule has 1 amide bonds. The van der Waals surface area contributed by atoms with Gasteiger partial charge in [0, 0.05) is 19.0 Å². The summed E-state index contributed by atoms with van der Waals surface area (Å²) in [6.07, 6.45) is 7.43. The van der Waals surface area contributed by atoms with Gasteiger partial charge in [-0.25, -0.2) is 4.98 Å². The Hall–Kier alpha value is -1.58. The molecular formula is C16H25N3O. The van der Waals surface area contributed by atoms with E-state index in [0.29, 0.717) is 0 Å². The first-order valence-electron chi connectivity index (χ1n) is 7.76. The Labute approximate surface area is 121 Å². The highest BCUT2D eigenvalue weighted by Crippen LogP contribution is 2.25. The Morgan fingerprint density at radius 1 is 1.25 bits per heavy atom. The predicted molar refractivity (Wildman–Crippen MR) is 83.0 cm³/mol. The van der Waals surface area contributed by atoms with E-state index in [4.69, 9.17) is 0 Å². The molecular weight excluding hydrogens is 250 g/mol. The Kier molecular flexibility index (Phi) is 5.39. The maximum atomic E-state index is 12.1. The Bertz CT molecular complexity index is 420. The lowest BCUT2D eigenvalue weighted by Gasteiger charge is -2.21. The molecule has 1 aliphatic carbocycles. The van der Waals surface area contributed by atoms with Crippen LogP contribution in [0.4, 0.5) is 11.5 Å². The van der Waals surface area contributed by atoms with Crippen molar-refractivity contribution in [3.63, 3.8) is 0 Å². The second kappa shape index (κ2) is 7.27. The van der Waals surface area contributed by atoms with Crippen LogP contribution in [0.2, 0.25) is 0 Å². The van der Waals surface area contributed by atoms with E-state index in [1.165, 1.54) is 19.3 Å². The molecule has 0 atom stereocenters. The van der Waals surface area contributed by atoms with Crippen molar-refractivity contribution in [3.05, 3.63) is 18.3 Å². The topological polar surface area (TPSA) is 45.2 Å². The smallest absolute Gasteiger partial charge is 0.227 e. The minimum Gasteiger partial charge on any atom is -0.357 e. The molecule has 0 aromatic carbocycles. The molecule has 110 valence electrons. The normalized spacial score (nSPS) is 15.9. The molecule has 0 radical (unpaired) electrons. The zero-order valence-electron chi connectivity index (χ0n) is 12.6. The molecule has 0 bridgehead atoms. The summed E-state index contributed by atoms with van der Waals surface area (Å²) in [5.41, 5.74) is 0.802. The van der Waals surface area contributed by atoms with Crippen LogP contribution < -0.4 is 10.2 Å². The maximum absolute atomic E-state index is 12.1. The molecule has 0 aliphatic heterocycles. The third kappa shape index (κ3) is 3.71. The molecule has 4 nitrogen and oxygen atoms in total. The number of carbonyl (C=O) groups excluding carboxylic acids is 1. The van der Waals surface area contributed by atoms with Gasteiger partial charge in [0.2, 0.25) is 5.91 Å². The van der Waals surface area contributed by atoms with Crippen LogP contribution in [0.3, 0.4) is 0 Å². The molecule has 1 fully saturated rings. The number of nitrogens with one attached hydrogen (secondary N) is 1. The number of carbonyl (C=O) groups is 1. The fourth-order valence-electron chi connectivity index (χ4n) is 2.80. The number of pyridine rings is 1. The molecule has 0 spiro atoms. The van der Waals surface area contributed by atoms with E-state index < -0.39 is 0 Å². The molecule has 2 rings (SSSR count). The Morgan fingerprint density at radius 2 is 1.95 bits per heavy atom. The zero-order valence-corrected chi connectivity index (χ0v) is 12.6. The van der Waals surface area contributed by atoms with Gasteiger partial charge in [-0.2, -0.15) is 0 Å². The summed E-state index contributed by atoms with van der Waals surface area (Å²) in [5.74, 6) is 1.30. The van der Waals surface area contributed by atoms with Crippen LogP contribution in [0.1, 0.15) is 46.0 Å². The highest BCUT2D eigenvalue weighted by molar-refractivity contribution is 5.92. The fourth-order valence-corrected chi connectivity index (χ4v) is 2.80. The van der Waals surface area contributed by atoms with E-state index >= 15 is 0 Å². The molecule has 1 aromatic rings. The van der Waals surface area contributed by atoms with Gasteiger partial charge in [-0.15, -0.1) is 0 Å². The monoisotopic (exact) mass is 275 g/mol. The largest absolute Gasteiger partial charge is 0.357 e. The van der Waals surface area contributed by atoms with E-state index in [1.54, 1.807) is 6.20 Å². The first-order chi connectivity index (χ1) is 9.74. The van der Waals surface area contributed by atoms with Crippen molar-refractivity contribution in [2.24, 2.45) is 5.92 Å². The zero-order chi connectivity index (χ0) is 14.4. The molecule has 1 aliphatic rings. The van der Waals surface area contributed by atoms with Crippen molar-refractivity contribution >= 4 is 17.4 Å². The standard InChI is InChI=1S/C16H25N3O/c1-3-19(4-2)15-11-10-14(12-17-15)18-16(20)13-8-6-5-7-9-13/h10-13H,3-9H2,1-2H3,(H,18,20). The summed E-state index contributed by atoms with van der Waals surface area (Å²) in [7, 11) is 0. The van der Waals surface area contributed by atoms with Crippen molar-refractivity contribution < 1.29 is 4.79 Å². The molecule has 1 N–H and O–H groups in total. The highest BCUT2D eigenvalue weighted by Gasteiger charge is 2.21. The SMILES string of the molecule is CCN(CC)c1ccc(NC(=O)C2CCCCC2)cn1. The van der Waals surface area contributed by atoms with Gasteiger partial charge in [-0.1, -0.05) is 19.3 Å². The fraction of sp³-hybridized carbons (Fsp3) is 0.625. The molecule has 4 heteroatoms. The van der Waals surface area contributed by atoms with Crippen LogP contribution in [0, 0.1) is 5.92 Å². The summed E-state index contributed by atoms with van der Waals surface area (Å²) >= 11 is 0. The first kappa shape index (κ1) is 14.8. The summed E-state index contributed by atoms with van der Waals surface area (Å²) < 4.78 is 0.